The van der Waals surface area contributed by atoms with Gasteiger partial charge in [-0.05, 0) is 25.8 Å². The quantitative estimate of drug-likeness (QED) is 0.861. The highest BCUT2D eigenvalue weighted by Gasteiger charge is 2.31. The second-order valence-corrected chi connectivity index (χ2v) is 6.36. The molecule has 0 saturated carbocycles. The predicted octanol–water partition coefficient (Wildman–Crippen LogP) is 2.89. The highest BCUT2D eigenvalue weighted by molar-refractivity contribution is 6.32. The van der Waals surface area contributed by atoms with Gasteiger partial charge in [-0.2, -0.15) is 13.2 Å². The second-order valence-electron chi connectivity index (χ2n) is 5.95. The van der Waals surface area contributed by atoms with E-state index in [1.54, 1.807) is 4.90 Å². The molecule has 0 spiro atoms. The van der Waals surface area contributed by atoms with Crippen molar-refractivity contribution < 1.29 is 18.0 Å². The number of piperidine rings is 1. The summed E-state index contributed by atoms with van der Waals surface area (Å²) < 4.78 is 37.6. The third-order valence-corrected chi connectivity index (χ3v) is 4.32. The number of carbonyl (C=O) groups is 1. The van der Waals surface area contributed by atoms with Crippen molar-refractivity contribution in [1.29, 1.82) is 0 Å². The van der Waals surface area contributed by atoms with E-state index in [-0.39, 0.29) is 41.8 Å². The molecule has 0 bridgehead atoms. The molecule has 0 aliphatic carbocycles. The van der Waals surface area contributed by atoms with Gasteiger partial charge in [0.05, 0.1) is 10.6 Å². The lowest BCUT2D eigenvalue weighted by Crippen LogP contribution is -2.48. The molecule has 1 aromatic heterocycles. The number of halogens is 4. The molecule has 1 amide bonds. The molecule has 1 aliphatic rings. The lowest BCUT2D eigenvalue weighted by molar-refractivity contribution is -0.138. The van der Waals surface area contributed by atoms with Gasteiger partial charge in [0.25, 0.3) is 0 Å². The maximum Gasteiger partial charge on any atom is 0.417 e. The number of amides is 1. The molecule has 2 atom stereocenters. The highest BCUT2D eigenvalue weighted by atomic mass is 35.5. The van der Waals surface area contributed by atoms with Gasteiger partial charge in [-0.15, -0.1) is 0 Å². The van der Waals surface area contributed by atoms with Crippen LogP contribution >= 0.6 is 11.6 Å². The molecule has 2 heterocycles. The van der Waals surface area contributed by atoms with Crippen molar-refractivity contribution >= 4 is 23.3 Å². The van der Waals surface area contributed by atoms with Crippen LogP contribution in [0.25, 0.3) is 0 Å². The Kier molecular flexibility index (Phi) is 5.92. The number of anilines is 1. The zero-order valence-corrected chi connectivity index (χ0v) is 14.0. The van der Waals surface area contributed by atoms with E-state index >= 15 is 0 Å². The Bertz CT molecular complexity index is 597. The van der Waals surface area contributed by atoms with Crippen LogP contribution in [0, 0.1) is 0 Å². The first-order chi connectivity index (χ1) is 11.2. The Hall–Kier alpha value is -1.54. The van der Waals surface area contributed by atoms with Crippen molar-refractivity contribution in [2.45, 2.75) is 44.4 Å². The van der Waals surface area contributed by atoms with E-state index in [0.29, 0.717) is 12.7 Å². The van der Waals surface area contributed by atoms with Gasteiger partial charge in [-0.25, -0.2) is 4.98 Å². The van der Waals surface area contributed by atoms with Gasteiger partial charge in [0.1, 0.15) is 5.82 Å². The normalized spacial score (nSPS) is 21.7. The van der Waals surface area contributed by atoms with E-state index in [1.165, 1.54) is 0 Å². The molecular formula is C15H20ClF3N4O. The van der Waals surface area contributed by atoms with Gasteiger partial charge in [-0.1, -0.05) is 11.6 Å². The average Bonchev–Trinajstić information content (AvgIpc) is 2.47. The van der Waals surface area contributed by atoms with E-state index in [9.17, 15) is 18.0 Å². The molecule has 5 nitrogen and oxygen atoms in total. The van der Waals surface area contributed by atoms with Crippen LogP contribution in [-0.2, 0) is 11.0 Å². The van der Waals surface area contributed by atoms with Crippen molar-refractivity contribution in [2.75, 3.05) is 18.4 Å². The van der Waals surface area contributed by atoms with Crippen LogP contribution in [0.4, 0.5) is 19.0 Å². The van der Waals surface area contributed by atoms with Gasteiger partial charge in [-0.3, -0.25) is 4.79 Å². The maximum absolute atomic E-state index is 12.5. The van der Waals surface area contributed by atoms with E-state index in [1.807, 2.05) is 6.92 Å². The van der Waals surface area contributed by atoms with E-state index < -0.39 is 11.7 Å². The van der Waals surface area contributed by atoms with Crippen LogP contribution in [0.3, 0.4) is 0 Å². The highest BCUT2D eigenvalue weighted by Crippen LogP contribution is 2.32. The number of hydrogen-bond acceptors (Lipinski definition) is 4. The molecule has 24 heavy (non-hydrogen) atoms. The molecule has 0 radical (unpaired) electrons. The fourth-order valence-corrected chi connectivity index (χ4v) is 2.97. The number of pyridine rings is 1. The third kappa shape index (κ3) is 4.73. The molecular weight excluding hydrogens is 345 g/mol. The Labute approximate surface area is 143 Å². The van der Waals surface area contributed by atoms with E-state index in [2.05, 4.69) is 10.3 Å². The van der Waals surface area contributed by atoms with Crippen molar-refractivity contribution in [3.63, 3.8) is 0 Å². The van der Waals surface area contributed by atoms with Crippen LogP contribution in [0.5, 0.6) is 0 Å². The average molecular weight is 365 g/mol. The van der Waals surface area contributed by atoms with Crippen molar-refractivity contribution in [3.05, 3.63) is 22.8 Å². The topological polar surface area (TPSA) is 71.2 Å². The Morgan fingerprint density at radius 2 is 2.25 bits per heavy atom. The number of carbonyl (C=O) groups excluding carboxylic acids is 1. The van der Waals surface area contributed by atoms with Crippen molar-refractivity contribution in [3.8, 4) is 0 Å². The lowest BCUT2D eigenvalue weighted by atomic mass is 9.99. The zero-order chi connectivity index (χ0) is 17.9. The molecule has 0 aromatic carbocycles. The molecule has 134 valence electrons. The number of nitrogens with one attached hydrogen (secondary N) is 1. The Morgan fingerprint density at radius 1 is 1.54 bits per heavy atom. The van der Waals surface area contributed by atoms with Gasteiger partial charge in [0.15, 0.2) is 0 Å². The summed E-state index contributed by atoms with van der Waals surface area (Å²) in [6.07, 6.45) is -2.03. The SMILES string of the molecule is CC1CC(N)CCN1C(=O)CCNc1ncc(C(F)(F)F)cc1Cl. The monoisotopic (exact) mass is 364 g/mol. The summed E-state index contributed by atoms with van der Waals surface area (Å²) in [6, 6.07) is 1.03. The Balaban J connectivity index is 1.87. The van der Waals surface area contributed by atoms with Crippen LogP contribution in [0.15, 0.2) is 12.3 Å². The standard InChI is InChI=1S/C15H20ClF3N4O/c1-9-6-11(20)3-5-23(9)13(24)2-4-21-14-12(16)7-10(8-22-14)15(17,18)19/h7-9,11H,2-6,20H2,1H3,(H,21,22). The van der Waals surface area contributed by atoms with Crippen molar-refractivity contribution in [1.82, 2.24) is 9.88 Å². The van der Waals surface area contributed by atoms with E-state index in [0.717, 1.165) is 18.9 Å². The molecule has 1 aromatic rings. The molecule has 3 N–H and O–H groups in total. The summed E-state index contributed by atoms with van der Waals surface area (Å²) >= 11 is 5.80. The first-order valence-electron chi connectivity index (χ1n) is 7.70. The molecule has 2 rings (SSSR count). The molecule has 2 unspecified atom stereocenters. The molecule has 1 aliphatic heterocycles. The van der Waals surface area contributed by atoms with Gasteiger partial charge in [0.2, 0.25) is 5.91 Å². The zero-order valence-electron chi connectivity index (χ0n) is 13.2. The van der Waals surface area contributed by atoms with E-state index in [4.69, 9.17) is 17.3 Å². The lowest BCUT2D eigenvalue weighted by Gasteiger charge is -2.36. The summed E-state index contributed by atoms with van der Waals surface area (Å²) in [5.41, 5.74) is 4.96. The molecule has 1 saturated heterocycles. The van der Waals surface area contributed by atoms with Gasteiger partial charge >= 0.3 is 6.18 Å². The number of hydrogen-bond donors (Lipinski definition) is 2. The largest absolute Gasteiger partial charge is 0.417 e. The number of alkyl halides is 3. The van der Waals surface area contributed by atoms with Crippen LogP contribution in [-0.4, -0.2) is 41.0 Å². The number of aromatic nitrogens is 1. The minimum atomic E-state index is -4.49. The Morgan fingerprint density at radius 3 is 2.83 bits per heavy atom. The smallest absolute Gasteiger partial charge is 0.368 e. The van der Waals surface area contributed by atoms with Crippen LogP contribution in [0.1, 0.15) is 31.7 Å². The first-order valence-corrected chi connectivity index (χ1v) is 8.08. The maximum atomic E-state index is 12.5. The first kappa shape index (κ1) is 18.8. The molecule has 9 heteroatoms. The predicted molar refractivity (Wildman–Crippen MR) is 85.7 cm³/mol. The van der Waals surface area contributed by atoms with Gasteiger partial charge in [0, 0.05) is 37.8 Å². The summed E-state index contributed by atoms with van der Waals surface area (Å²) in [5, 5.41) is 2.67. The number of likely N-dealkylation sites (tertiary alicyclic amines) is 1. The fourth-order valence-electron chi connectivity index (χ4n) is 2.73. The van der Waals surface area contributed by atoms with Crippen LogP contribution in [0.2, 0.25) is 5.02 Å². The minimum Gasteiger partial charge on any atom is -0.368 e. The van der Waals surface area contributed by atoms with Gasteiger partial charge < -0.3 is 16.0 Å². The second kappa shape index (κ2) is 7.57. The third-order valence-electron chi connectivity index (χ3n) is 4.04. The number of rotatable bonds is 4. The van der Waals surface area contributed by atoms with Crippen LogP contribution < -0.4 is 11.1 Å². The van der Waals surface area contributed by atoms with Crippen molar-refractivity contribution in [2.24, 2.45) is 5.73 Å². The number of nitrogens with zero attached hydrogens (tertiary/aromatic N) is 2. The summed E-state index contributed by atoms with van der Waals surface area (Å²) in [4.78, 5) is 17.7. The molecule has 1 fully saturated rings. The fraction of sp³-hybridized carbons (Fsp3) is 0.600. The summed E-state index contributed by atoms with van der Waals surface area (Å²) in [5.74, 6) is 0.108. The number of nitrogens with two attached hydrogens (primary N) is 1. The summed E-state index contributed by atoms with van der Waals surface area (Å²) in [6.45, 7) is 2.82. The summed E-state index contributed by atoms with van der Waals surface area (Å²) in [7, 11) is 0. The minimum absolute atomic E-state index is 0.0232.